The third-order valence-electron chi connectivity index (χ3n) is 3.06. The van der Waals surface area contributed by atoms with Gasteiger partial charge >= 0.3 is 0 Å². The molecule has 2 fully saturated rings. The van der Waals surface area contributed by atoms with Gasteiger partial charge in [0, 0.05) is 25.2 Å². The van der Waals surface area contributed by atoms with E-state index >= 15 is 0 Å². The Labute approximate surface area is 69.0 Å². The summed E-state index contributed by atoms with van der Waals surface area (Å²) in [5, 5.41) is 3.49. The number of nitrogens with one attached hydrogen (secondary N) is 1. The van der Waals surface area contributed by atoms with Crippen molar-refractivity contribution < 1.29 is 0 Å². The number of hydrogen-bond donors (Lipinski definition) is 1. The van der Waals surface area contributed by atoms with Crippen molar-refractivity contribution >= 4 is 0 Å². The summed E-state index contributed by atoms with van der Waals surface area (Å²) in [7, 11) is 0. The molecule has 0 aromatic rings. The van der Waals surface area contributed by atoms with Gasteiger partial charge in [-0.05, 0) is 26.3 Å². The highest BCUT2D eigenvalue weighted by molar-refractivity contribution is 4.87. The van der Waals surface area contributed by atoms with Crippen molar-refractivity contribution in [2.75, 3.05) is 19.6 Å². The summed E-state index contributed by atoms with van der Waals surface area (Å²) in [6.07, 6.45) is 4.27. The summed E-state index contributed by atoms with van der Waals surface area (Å²) in [5.41, 5.74) is 0. The Kier molecular flexibility index (Phi) is 2.14. The van der Waals surface area contributed by atoms with Gasteiger partial charge < -0.3 is 5.32 Å². The van der Waals surface area contributed by atoms with Gasteiger partial charge in [-0.25, -0.2) is 0 Å². The van der Waals surface area contributed by atoms with Crippen molar-refractivity contribution in [2.24, 2.45) is 0 Å². The van der Waals surface area contributed by atoms with Crippen LogP contribution in [0.3, 0.4) is 0 Å². The lowest BCUT2D eigenvalue weighted by atomic mass is 9.98. The first-order valence-corrected chi connectivity index (χ1v) is 4.84. The molecular formula is C9H18N2. The van der Waals surface area contributed by atoms with Gasteiger partial charge in [0.2, 0.25) is 0 Å². The van der Waals surface area contributed by atoms with Crippen LogP contribution in [0.4, 0.5) is 0 Å². The third-order valence-corrected chi connectivity index (χ3v) is 3.06. The molecule has 1 N–H and O–H groups in total. The molecule has 0 amide bonds. The van der Waals surface area contributed by atoms with E-state index < -0.39 is 0 Å². The maximum absolute atomic E-state index is 3.49. The second-order valence-electron chi connectivity index (χ2n) is 3.89. The van der Waals surface area contributed by atoms with Gasteiger partial charge in [-0.3, -0.25) is 4.90 Å². The Morgan fingerprint density at radius 2 is 2.18 bits per heavy atom. The fourth-order valence-corrected chi connectivity index (χ4v) is 2.40. The first-order chi connectivity index (χ1) is 5.38. The van der Waals surface area contributed by atoms with Gasteiger partial charge in [-0.15, -0.1) is 0 Å². The van der Waals surface area contributed by atoms with Gasteiger partial charge in [-0.2, -0.15) is 0 Å². The molecule has 2 rings (SSSR count). The summed E-state index contributed by atoms with van der Waals surface area (Å²) in [4.78, 5) is 2.68. The van der Waals surface area contributed by atoms with Gasteiger partial charge in [0.15, 0.2) is 0 Å². The van der Waals surface area contributed by atoms with Crippen LogP contribution in [0.5, 0.6) is 0 Å². The van der Waals surface area contributed by atoms with E-state index in [1.807, 2.05) is 0 Å². The summed E-state index contributed by atoms with van der Waals surface area (Å²) < 4.78 is 0. The molecule has 0 radical (unpaired) electrons. The quantitative estimate of drug-likeness (QED) is 0.556. The molecule has 2 heteroatoms. The van der Waals surface area contributed by atoms with Crippen LogP contribution in [0.25, 0.3) is 0 Å². The normalized spacial score (nSPS) is 40.1. The predicted molar refractivity (Wildman–Crippen MR) is 46.7 cm³/mol. The number of rotatable bonds is 0. The fraction of sp³-hybridized carbons (Fsp3) is 1.00. The van der Waals surface area contributed by atoms with Gasteiger partial charge in [0.1, 0.15) is 0 Å². The summed E-state index contributed by atoms with van der Waals surface area (Å²) in [5.74, 6) is 0. The Morgan fingerprint density at radius 1 is 1.27 bits per heavy atom. The van der Waals surface area contributed by atoms with E-state index in [1.165, 1.54) is 38.9 Å². The standard InChI is InChI=1S/C9H18N2/c1-8-6-10-7-9-4-2-3-5-11(8)9/h8-10H,2-7H2,1H3. The highest BCUT2D eigenvalue weighted by Gasteiger charge is 2.28. The molecule has 11 heavy (non-hydrogen) atoms. The molecule has 0 aromatic heterocycles. The molecule has 2 nitrogen and oxygen atoms in total. The Balaban J connectivity index is 1.99. The minimum Gasteiger partial charge on any atom is -0.314 e. The van der Waals surface area contributed by atoms with Gasteiger partial charge in [0.05, 0.1) is 0 Å². The number of nitrogens with zero attached hydrogens (tertiary/aromatic N) is 1. The highest BCUT2D eigenvalue weighted by atomic mass is 15.2. The maximum Gasteiger partial charge on any atom is 0.0224 e. The van der Waals surface area contributed by atoms with E-state index in [9.17, 15) is 0 Å². The zero-order valence-corrected chi connectivity index (χ0v) is 7.34. The number of hydrogen-bond acceptors (Lipinski definition) is 2. The molecule has 2 heterocycles. The lowest BCUT2D eigenvalue weighted by Crippen LogP contribution is -2.57. The molecule has 0 aliphatic carbocycles. The zero-order chi connectivity index (χ0) is 7.68. The fourth-order valence-electron chi connectivity index (χ4n) is 2.40. The van der Waals surface area contributed by atoms with Crippen LogP contribution in [-0.2, 0) is 0 Å². The average molecular weight is 154 g/mol. The molecule has 2 aliphatic heterocycles. The number of piperazine rings is 1. The van der Waals surface area contributed by atoms with Crippen LogP contribution >= 0.6 is 0 Å². The SMILES string of the molecule is CC1CNCC2CCCCN12. The average Bonchev–Trinajstić information content (AvgIpc) is 2.06. The van der Waals surface area contributed by atoms with Crippen molar-refractivity contribution in [3.63, 3.8) is 0 Å². The predicted octanol–water partition coefficient (Wildman–Crippen LogP) is 0.833. The molecule has 2 saturated heterocycles. The molecule has 2 unspecified atom stereocenters. The van der Waals surface area contributed by atoms with Crippen LogP contribution in [0.2, 0.25) is 0 Å². The van der Waals surface area contributed by atoms with Gasteiger partial charge in [-0.1, -0.05) is 6.42 Å². The minimum atomic E-state index is 0.772. The van der Waals surface area contributed by atoms with Crippen molar-refractivity contribution in [2.45, 2.75) is 38.3 Å². The van der Waals surface area contributed by atoms with Crippen molar-refractivity contribution in [1.82, 2.24) is 10.2 Å². The number of fused-ring (bicyclic) bond motifs is 1. The summed E-state index contributed by atoms with van der Waals surface area (Å²) >= 11 is 0. The lowest BCUT2D eigenvalue weighted by molar-refractivity contribution is 0.0737. The molecule has 2 atom stereocenters. The Bertz CT molecular complexity index is 134. The minimum absolute atomic E-state index is 0.772. The first kappa shape index (κ1) is 7.56. The zero-order valence-electron chi connectivity index (χ0n) is 7.34. The van der Waals surface area contributed by atoms with E-state index in [-0.39, 0.29) is 0 Å². The van der Waals surface area contributed by atoms with E-state index in [0.29, 0.717) is 0 Å². The van der Waals surface area contributed by atoms with Crippen LogP contribution in [0.1, 0.15) is 26.2 Å². The molecule has 0 bridgehead atoms. The topological polar surface area (TPSA) is 15.3 Å². The van der Waals surface area contributed by atoms with Crippen LogP contribution in [0, 0.1) is 0 Å². The van der Waals surface area contributed by atoms with Crippen LogP contribution in [-0.4, -0.2) is 36.6 Å². The van der Waals surface area contributed by atoms with E-state index in [2.05, 4.69) is 17.1 Å². The van der Waals surface area contributed by atoms with E-state index in [0.717, 1.165) is 12.1 Å². The van der Waals surface area contributed by atoms with Crippen molar-refractivity contribution in [3.05, 3.63) is 0 Å². The highest BCUT2D eigenvalue weighted by Crippen LogP contribution is 2.20. The van der Waals surface area contributed by atoms with Crippen molar-refractivity contribution in [1.29, 1.82) is 0 Å². The number of piperidine rings is 1. The summed E-state index contributed by atoms with van der Waals surface area (Å²) in [6.45, 7) is 6.10. The Morgan fingerprint density at radius 3 is 3.00 bits per heavy atom. The largest absolute Gasteiger partial charge is 0.314 e. The molecule has 2 aliphatic rings. The van der Waals surface area contributed by atoms with E-state index in [1.54, 1.807) is 0 Å². The van der Waals surface area contributed by atoms with Crippen molar-refractivity contribution in [3.8, 4) is 0 Å². The molecule has 0 saturated carbocycles. The van der Waals surface area contributed by atoms with E-state index in [4.69, 9.17) is 0 Å². The molecule has 0 aromatic carbocycles. The lowest BCUT2D eigenvalue weighted by Gasteiger charge is -2.44. The second kappa shape index (κ2) is 3.11. The van der Waals surface area contributed by atoms with Crippen LogP contribution < -0.4 is 5.32 Å². The van der Waals surface area contributed by atoms with Crippen LogP contribution in [0.15, 0.2) is 0 Å². The molecule has 64 valence electrons. The maximum atomic E-state index is 3.49. The molecular weight excluding hydrogens is 136 g/mol. The third kappa shape index (κ3) is 1.42. The monoisotopic (exact) mass is 154 g/mol. The Hall–Kier alpha value is -0.0800. The summed E-state index contributed by atoms with van der Waals surface area (Å²) in [6, 6.07) is 1.63. The first-order valence-electron chi connectivity index (χ1n) is 4.84. The molecule has 0 spiro atoms. The van der Waals surface area contributed by atoms with Gasteiger partial charge in [0.25, 0.3) is 0 Å². The smallest absolute Gasteiger partial charge is 0.0224 e. The second-order valence-corrected chi connectivity index (χ2v) is 3.89.